The summed E-state index contributed by atoms with van der Waals surface area (Å²) in [5, 5.41) is 5.00. The number of hydrogen-bond acceptors (Lipinski definition) is 8. The summed E-state index contributed by atoms with van der Waals surface area (Å²) in [6.07, 6.45) is 11.6. The predicted molar refractivity (Wildman–Crippen MR) is 142 cm³/mol. The normalized spacial score (nSPS) is 17.3. The summed E-state index contributed by atoms with van der Waals surface area (Å²) in [6, 6.07) is 12.9. The summed E-state index contributed by atoms with van der Waals surface area (Å²) < 4.78 is 12.6. The van der Waals surface area contributed by atoms with E-state index in [0.29, 0.717) is 22.2 Å². The van der Waals surface area contributed by atoms with Crippen LogP contribution in [0.1, 0.15) is 69.8 Å². The standard InChI is InChI=1S/C28H31N3O4S/c32-26(19-9-3-1-4-10-19)34-22-15-16-24(35-27(33)20-11-5-2-6-12-20)21(17-22)18-29-31-28-30-23-13-7-8-14-25(23)36-28/h7-8,13-20H,1-6,9-12H2,(H,30,31)/b29-18+. The van der Waals surface area contributed by atoms with Crippen molar-refractivity contribution in [3.63, 3.8) is 0 Å². The quantitative estimate of drug-likeness (QED) is 0.166. The van der Waals surface area contributed by atoms with Gasteiger partial charge in [0.1, 0.15) is 11.5 Å². The molecule has 1 N–H and O–H groups in total. The Morgan fingerprint density at radius 1 is 0.889 bits per heavy atom. The molecule has 7 nitrogen and oxygen atoms in total. The number of benzene rings is 2. The molecule has 0 aliphatic heterocycles. The number of fused-ring (bicyclic) bond motifs is 1. The van der Waals surface area contributed by atoms with Gasteiger partial charge >= 0.3 is 11.9 Å². The fourth-order valence-corrected chi connectivity index (χ4v) is 5.74. The number of carbonyl (C=O) groups is 2. The molecule has 0 bridgehead atoms. The second-order valence-electron chi connectivity index (χ2n) is 9.57. The maximum absolute atomic E-state index is 12.8. The Kier molecular flexibility index (Phi) is 7.91. The van der Waals surface area contributed by atoms with Gasteiger partial charge in [-0.3, -0.25) is 15.0 Å². The first-order valence-corrected chi connectivity index (χ1v) is 13.7. The second kappa shape index (κ2) is 11.6. The van der Waals surface area contributed by atoms with E-state index in [1.807, 2.05) is 24.3 Å². The number of para-hydroxylation sites is 1. The maximum atomic E-state index is 12.8. The summed E-state index contributed by atoms with van der Waals surface area (Å²) in [4.78, 5) is 30.0. The molecule has 188 valence electrons. The number of ether oxygens (including phenoxy) is 2. The molecule has 36 heavy (non-hydrogen) atoms. The average molecular weight is 506 g/mol. The molecular weight excluding hydrogens is 474 g/mol. The van der Waals surface area contributed by atoms with Crippen molar-refractivity contribution >= 4 is 44.8 Å². The summed E-state index contributed by atoms with van der Waals surface area (Å²) >= 11 is 1.50. The SMILES string of the molecule is O=C(Oc1ccc(OC(=O)C2CCCCC2)c(/C=N/Nc2nc3ccccc3s2)c1)C1CCCCC1. The molecule has 0 unspecified atom stereocenters. The van der Waals surface area contributed by atoms with Crippen LogP contribution in [-0.2, 0) is 9.59 Å². The molecule has 2 aliphatic carbocycles. The molecule has 2 aliphatic rings. The molecule has 8 heteroatoms. The summed E-state index contributed by atoms with van der Waals surface area (Å²) in [6.45, 7) is 0. The fourth-order valence-electron chi connectivity index (χ4n) is 4.93. The number of anilines is 1. The van der Waals surface area contributed by atoms with E-state index in [1.54, 1.807) is 24.4 Å². The molecule has 0 spiro atoms. The van der Waals surface area contributed by atoms with Crippen molar-refractivity contribution in [1.82, 2.24) is 4.98 Å². The van der Waals surface area contributed by atoms with Crippen LogP contribution in [0.15, 0.2) is 47.6 Å². The number of nitrogens with one attached hydrogen (secondary N) is 1. The van der Waals surface area contributed by atoms with Crippen LogP contribution in [-0.4, -0.2) is 23.1 Å². The molecule has 1 heterocycles. The number of hydrazone groups is 1. The second-order valence-corrected chi connectivity index (χ2v) is 10.6. The van der Waals surface area contributed by atoms with E-state index in [2.05, 4.69) is 15.5 Å². The van der Waals surface area contributed by atoms with E-state index < -0.39 is 0 Å². The van der Waals surface area contributed by atoms with E-state index in [-0.39, 0.29) is 23.8 Å². The van der Waals surface area contributed by atoms with Gasteiger partial charge in [-0.15, -0.1) is 0 Å². The molecular formula is C28H31N3O4S. The van der Waals surface area contributed by atoms with Crippen LogP contribution in [0, 0.1) is 11.8 Å². The zero-order chi connectivity index (χ0) is 24.7. The molecule has 0 radical (unpaired) electrons. The van der Waals surface area contributed by atoms with Crippen molar-refractivity contribution in [2.45, 2.75) is 64.2 Å². The monoisotopic (exact) mass is 505 g/mol. The van der Waals surface area contributed by atoms with E-state index in [4.69, 9.17) is 9.47 Å². The summed E-state index contributed by atoms with van der Waals surface area (Å²) in [5.41, 5.74) is 4.43. The third-order valence-corrected chi connectivity index (χ3v) is 7.89. The Morgan fingerprint density at radius 3 is 2.25 bits per heavy atom. The molecule has 0 amide bonds. The molecule has 3 aromatic rings. The van der Waals surface area contributed by atoms with Crippen molar-refractivity contribution in [2.24, 2.45) is 16.9 Å². The van der Waals surface area contributed by atoms with Crippen LogP contribution in [0.5, 0.6) is 11.5 Å². The topological polar surface area (TPSA) is 89.9 Å². The van der Waals surface area contributed by atoms with Crippen LogP contribution in [0.25, 0.3) is 10.2 Å². The zero-order valence-corrected chi connectivity index (χ0v) is 21.1. The Hall–Kier alpha value is -3.26. The minimum atomic E-state index is -0.213. The number of rotatable bonds is 7. The number of carbonyl (C=O) groups excluding carboxylic acids is 2. The average Bonchev–Trinajstić information content (AvgIpc) is 3.34. The summed E-state index contributed by atoms with van der Waals surface area (Å²) in [7, 11) is 0. The Labute approximate surface area is 214 Å². The van der Waals surface area contributed by atoms with E-state index in [9.17, 15) is 9.59 Å². The van der Waals surface area contributed by atoms with Gasteiger partial charge in [0.2, 0.25) is 5.13 Å². The van der Waals surface area contributed by atoms with Gasteiger partial charge in [0.25, 0.3) is 0 Å². The van der Waals surface area contributed by atoms with E-state index >= 15 is 0 Å². The highest BCUT2D eigenvalue weighted by atomic mass is 32.1. The van der Waals surface area contributed by atoms with Crippen LogP contribution in [0.2, 0.25) is 0 Å². The molecule has 5 rings (SSSR count). The lowest BCUT2D eigenvalue weighted by Crippen LogP contribution is -2.23. The molecule has 0 atom stereocenters. The molecule has 0 saturated heterocycles. The van der Waals surface area contributed by atoms with E-state index in [1.165, 1.54) is 24.2 Å². The van der Waals surface area contributed by atoms with Gasteiger partial charge in [-0.1, -0.05) is 62.0 Å². The Balaban J connectivity index is 1.33. The third-order valence-electron chi connectivity index (χ3n) is 6.94. The first-order chi connectivity index (χ1) is 17.7. The zero-order valence-electron chi connectivity index (χ0n) is 20.3. The lowest BCUT2D eigenvalue weighted by molar-refractivity contribution is -0.141. The van der Waals surface area contributed by atoms with Gasteiger partial charge in [-0.25, -0.2) is 4.98 Å². The number of thiazole rings is 1. The van der Waals surface area contributed by atoms with Crippen molar-refractivity contribution in [3.8, 4) is 11.5 Å². The number of hydrogen-bond donors (Lipinski definition) is 1. The van der Waals surface area contributed by atoms with Crippen molar-refractivity contribution < 1.29 is 19.1 Å². The number of aromatic nitrogens is 1. The highest BCUT2D eigenvalue weighted by Gasteiger charge is 2.25. The smallest absolute Gasteiger partial charge is 0.314 e. The van der Waals surface area contributed by atoms with Gasteiger partial charge in [-0.2, -0.15) is 5.10 Å². The molecule has 1 aromatic heterocycles. The number of nitrogens with zero attached hydrogens (tertiary/aromatic N) is 2. The van der Waals surface area contributed by atoms with Gasteiger partial charge < -0.3 is 9.47 Å². The van der Waals surface area contributed by atoms with Crippen molar-refractivity contribution in [2.75, 3.05) is 5.43 Å². The minimum Gasteiger partial charge on any atom is -0.426 e. The van der Waals surface area contributed by atoms with Gasteiger partial charge in [-0.05, 0) is 56.0 Å². The molecule has 2 fully saturated rings. The van der Waals surface area contributed by atoms with Crippen LogP contribution in [0.3, 0.4) is 0 Å². The predicted octanol–water partition coefficient (Wildman–Crippen LogP) is 6.71. The Morgan fingerprint density at radius 2 is 1.56 bits per heavy atom. The van der Waals surface area contributed by atoms with Gasteiger partial charge in [0, 0.05) is 5.56 Å². The van der Waals surface area contributed by atoms with Crippen LogP contribution >= 0.6 is 11.3 Å². The first kappa shape index (κ1) is 24.4. The number of esters is 2. The highest BCUT2D eigenvalue weighted by molar-refractivity contribution is 7.22. The largest absolute Gasteiger partial charge is 0.426 e. The van der Waals surface area contributed by atoms with Crippen LogP contribution in [0.4, 0.5) is 5.13 Å². The van der Waals surface area contributed by atoms with E-state index in [0.717, 1.165) is 61.6 Å². The van der Waals surface area contributed by atoms with Crippen molar-refractivity contribution in [1.29, 1.82) is 0 Å². The maximum Gasteiger partial charge on any atom is 0.314 e. The lowest BCUT2D eigenvalue weighted by atomic mass is 9.89. The molecule has 2 aromatic carbocycles. The van der Waals surface area contributed by atoms with Gasteiger partial charge in [0.15, 0.2) is 0 Å². The third kappa shape index (κ3) is 6.10. The lowest BCUT2D eigenvalue weighted by Gasteiger charge is -2.21. The van der Waals surface area contributed by atoms with Crippen molar-refractivity contribution in [3.05, 3.63) is 48.0 Å². The Bertz CT molecular complexity index is 1210. The van der Waals surface area contributed by atoms with Gasteiger partial charge in [0.05, 0.1) is 28.3 Å². The van der Waals surface area contributed by atoms with Crippen LogP contribution < -0.4 is 14.9 Å². The highest BCUT2D eigenvalue weighted by Crippen LogP contribution is 2.30. The summed E-state index contributed by atoms with van der Waals surface area (Å²) in [5.74, 6) is 0.281. The first-order valence-electron chi connectivity index (χ1n) is 12.9. The molecule has 2 saturated carbocycles. The fraction of sp³-hybridized carbons (Fsp3) is 0.429. The minimum absolute atomic E-state index is 0.0552.